The maximum absolute atomic E-state index is 11.1. The fraction of sp³-hybridized carbons (Fsp3) is 0.393. The monoisotopic (exact) mass is 520 g/mol. The number of piperidine rings is 1. The summed E-state index contributed by atoms with van der Waals surface area (Å²) in [6.07, 6.45) is 6.20. The van der Waals surface area contributed by atoms with Gasteiger partial charge in [0.25, 0.3) is 0 Å². The van der Waals surface area contributed by atoms with E-state index >= 15 is 0 Å². The molecule has 1 aliphatic rings. The molecule has 0 amide bonds. The van der Waals surface area contributed by atoms with Gasteiger partial charge in [-0.25, -0.2) is 14.3 Å². The maximum Gasteiger partial charge on any atom is 0.335 e. The van der Waals surface area contributed by atoms with Gasteiger partial charge in [-0.3, -0.25) is 0 Å². The molecule has 2 aromatic carbocycles. The Hall–Kier alpha value is -3.27. The predicted molar refractivity (Wildman–Crippen MR) is 146 cm³/mol. The lowest BCUT2D eigenvalue weighted by atomic mass is 9.97. The largest absolute Gasteiger partial charge is 0.478 e. The number of ether oxygens (including phenoxy) is 2. The number of carboxylic acids is 1. The van der Waals surface area contributed by atoms with Crippen LogP contribution in [-0.4, -0.2) is 65.7 Å². The summed E-state index contributed by atoms with van der Waals surface area (Å²) in [6, 6.07) is 15.4. The number of imidazole rings is 1. The zero-order valence-electron chi connectivity index (χ0n) is 21.0. The Morgan fingerprint density at radius 2 is 1.73 bits per heavy atom. The van der Waals surface area contributed by atoms with Gasteiger partial charge in [0.15, 0.2) is 0 Å². The van der Waals surface area contributed by atoms with Gasteiger partial charge in [0.2, 0.25) is 4.96 Å². The highest BCUT2D eigenvalue weighted by Gasteiger charge is 2.20. The number of fused-ring (bicyclic) bond motifs is 1. The molecule has 5 rings (SSSR count). The molecule has 194 valence electrons. The van der Waals surface area contributed by atoms with E-state index in [-0.39, 0.29) is 5.56 Å². The molecule has 0 saturated carbocycles. The van der Waals surface area contributed by atoms with Crippen molar-refractivity contribution in [1.82, 2.24) is 14.6 Å². The Kier molecular flexibility index (Phi) is 8.13. The van der Waals surface area contributed by atoms with E-state index in [1.807, 2.05) is 4.52 Å². The van der Waals surface area contributed by atoms with Gasteiger partial charge in [0, 0.05) is 56.8 Å². The number of benzene rings is 2. The smallest absolute Gasteiger partial charge is 0.335 e. The van der Waals surface area contributed by atoms with Crippen LogP contribution in [0, 0.1) is 5.92 Å². The summed E-state index contributed by atoms with van der Waals surface area (Å²) in [5, 5.41) is 14.8. The molecule has 2 aromatic heterocycles. The van der Waals surface area contributed by atoms with Gasteiger partial charge in [0.1, 0.15) is 5.01 Å². The van der Waals surface area contributed by atoms with E-state index in [1.165, 1.54) is 5.69 Å². The molecule has 3 heterocycles. The van der Waals surface area contributed by atoms with Crippen LogP contribution in [-0.2, 0) is 9.47 Å². The van der Waals surface area contributed by atoms with Crippen LogP contribution < -0.4 is 4.90 Å². The van der Waals surface area contributed by atoms with Gasteiger partial charge in [-0.05, 0) is 68.0 Å². The lowest BCUT2D eigenvalue weighted by molar-refractivity contribution is 0.0697. The van der Waals surface area contributed by atoms with Crippen molar-refractivity contribution in [3.63, 3.8) is 0 Å². The Morgan fingerprint density at radius 1 is 1.03 bits per heavy atom. The fourth-order valence-electron chi connectivity index (χ4n) is 4.66. The molecule has 37 heavy (non-hydrogen) atoms. The van der Waals surface area contributed by atoms with Crippen LogP contribution in [0.25, 0.3) is 26.8 Å². The minimum atomic E-state index is -0.938. The van der Waals surface area contributed by atoms with Crippen molar-refractivity contribution in [3.05, 3.63) is 60.3 Å². The van der Waals surface area contributed by atoms with Crippen molar-refractivity contribution in [2.75, 3.05) is 44.9 Å². The first kappa shape index (κ1) is 25.4. The maximum atomic E-state index is 11.1. The number of aromatic carboxylic acids is 1. The zero-order valence-corrected chi connectivity index (χ0v) is 21.8. The average Bonchev–Trinajstić information content (AvgIpc) is 3.53. The molecule has 0 bridgehead atoms. The number of anilines is 1. The van der Waals surface area contributed by atoms with E-state index in [9.17, 15) is 4.79 Å². The first-order valence-electron chi connectivity index (χ1n) is 12.7. The molecule has 0 unspecified atom stereocenters. The summed E-state index contributed by atoms with van der Waals surface area (Å²) in [5.74, 6) is -0.300. The third kappa shape index (κ3) is 6.01. The molecule has 9 heteroatoms. The van der Waals surface area contributed by atoms with E-state index in [2.05, 4.69) is 34.1 Å². The first-order valence-corrected chi connectivity index (χ1v) is 13.5. The Bertz CT molecular complexity index is 1310. The van der Waals surface area contributed by atoms with Gasteiger partial charge in [-0.15, -0.1) is 0 Å². The van der Waals surface area contributed by atoms with Crippen LogP contribution >= 0.6 is 11.3 Å². The molecule has 0 atom stereocenters. The van der Waals surface area contributed by atoms with Crippen molar-refractivity contribution >= 4 is 28.0 Å². The highest BCUT2D eigenvalue weighted by Crippen LogP contribution is 2.31. The van der Waals surface area contributed by atoms with Crippen LogP contribution in [0.5, 0.6) is 0 Å². The van der Waals surface area contributed by atoms with E-state index in [0.717, 1.165) is 85.4 Å². The number of carbonyl (C=O) groups is 1. The fourth-order valence-corrected chi connectivity index (χ4v) is 5.54. The summed E-state index contributed by atoms with van der Waals surface area (Å²) in [5.41, 5.74) is 4.28. The Balaban J connectivity index is 1.18. The summed E-state index contributed by atoms with van der Waals surface area (Å²) < 4.78 is 12.8. The number of hydrogen-bond acceptors (Lipinski definition) is 7. The second kappa shape index (κ2) is 11.9. The van der Waals surface area contributed by atoms with Gasteiger partial charge in [0.05, 0.1) is 17.5 Å². The molecule has 1 saturated heterocycles. The molecule has 8 nitrogen and oxygen atoms in total. The van der Waals surface area contributed by atoms with Gasteiger partial charge >= 0.3 is 5.97 Å². The number of hydrogen-bond donors (Lipinski definition) is 1. The Labute approximate surface area is 220 Å². The van der Waals surface area contributed by atoms with Crippen LogP contribution in [0.3, 0.4) is 0 Å². The normalized spacial score (nSPS) is 14.5. The molecular formula is C28H32N4O4S. The van der Waals surface area contributed by atoms with Crippen molar-refractivity contribution in [2.24, 2.45) is 5.92 Å². The van der Waals surface area contributed by atoms with E-state index in [1.54, 1.807) is 48.9 Å². The second-order valence-electron chi connectivity index (χ2n) is 9.38. The summed E-state index contributed by atoms with van der Waals surface area (Å²) >= 11 is 1.54. The average molecular weight is 521 g/mol. The molecular weight excluding hydrogens is 488 g/mol. The van der Waals surface area contributed by atoms with Crippen molar-refractivity contribution in [3.8, 4) is 21.8 Å². The van der Waals surface area contributed by atoms with Gasteiger partial charge < -0.3 is 19.5 Å². The first-order chi connectivity index (χ1) is 18.1. The Morgan fingerprint density at radius 3 is 2.43 bits per heavy atom. The zero-order chi connectivity index (χ0) is 25.6. The van der Waals surface area contributed by atoms with Crippen LogP contribution in [0.4, 0.5) is 5.69 Å². The van der Waals surface area contributed by atoms with Gasteiger partial charge in [-0.1, -0.05) is 23.5 Å². The third-order valence-electron chi connectivity index (χ3n) is 6.85. The summed E-state index contributed by atoms with van der Waals surface area (Å²) in [4.78, 5) is 18.9. The predicted octanol–water partition coefficient (Wildman–Crippen LogP) is 5.48. The van der Waals surface area contributed by atoms with Crippen molar-refractivity contribution < 1.29 is 19.4 Å². The van der Waals surface area contributed by atoms with E-state index in [4.69, 9.17) is 19.7 Å². The summed E-state index contributed by atoms with van der Waals surface area (Å²) in [7, 11) is 1.74. The third-order valence-corrected chi connectivity index (χ3v) is 7.82. The van der Waals surface area contributed by atoms with Crippen LogP contribution in [0.2, 0.25) is 0 Å². The molecule has 4 aromatic rings. The van der Waals surface area contributed by atoms with Crippen molar-refractivity contribution in [1.29, 1.82) is 0 Å². The molecule has 1 N–H and O–H groups in total. The van der Waals surface area contributed by atoms with Crippen LogP contribution in [0.15, 0.2) is 54.7 Å². The minimum absolute atomic E-state index is 0.259. The lowest BCUT2D eigenvalue weighted by Gasteiger charge is -2.33. The molecule has 1 aliphatic heterocycles. The molecule has 1 fully saturated rings. The SMILES string of the molecule is COCCCCOCC1CCN(c2ccc(-c3nn4c(-c5ccc(C(=O)O)cc5)cnc4s3)cc2)CC1. The number of unbranched alkanes of at least 4 members (excludes halogenated alkanes) is 1. The molecule has 0 spiro atoms. The number of rotatable bonds is 11. The minimum Gasteiger partial charge on any atom is -0.478 e. The molecule has 0 radical (unpaired) electrons. The highest BCUT2D eigenvalue weighted by atomic mass is 32.1. The quantitative estimate of drug-likeness (QED) is 0.262. The number of carboxylic acid groups (broad SMARTS) is 1. The lowest BCUT2D eigenvalue weighted by Crippen LogP contribution is -2.35. The number of nitrogens with zero attached hydrogens (tertiary/aromatic N) is 4. The summed E-state index contributed by atoms with van der Waals surface area (Å²) in [6.45, 7) is 4.59. The number of aromatic nitrogens is 3. The van der Waals surface area contributed by atoms with Crippen molar-refractivity contribution in [2.45, 2.75) is 25.7 Å². The van der Waals surface area contributed by atoms with E-state index < -0.39 is 5.97 Å². The topological polar surface area (TPSA) is 89.2 Å². The molecule has 0 aliphatic carbocycles. The second-order valence-corrected chi connectivity index (χ2v) is 10.3. The number of methoxy groups -OCH3 is 1. The standard InChI is InChI=1S/C28H32N4O4S/c1-35-16-2-3-17-36-19-20-12-14-31(15-13-20)24-10-8-22(9-11-24)26-30-32-25(18-29-28(32)37-26)21-4-6-23(7-5-21)27(33)34/h4-11,18,20H,2-3,12-17,19H2,1H3,(H,33,34). The highest BCUT2D eigenvalue weighted by molar-refractivity contribution is 7.19. The van der Waals surface area contributed by atoms with E-state index in [0.29, 0.717) is 5.92 Å². The van der Waals surface area contributed by atoms with Gasteiger partial charge in [-0.2, -0.15) is 5.10 Å². The van der Waals surface area contributed by atoms with Crippen LogP contribution in [0.1, 0.15) is 36.0 Å².